The summed E-state index contributed by atoms with van der Waals surface area (Å²) >= 11 is 0.697. The molecule has 2 atom stereocenters. The number of hydrogen-bond acceptors (Lipinski definition) is 10. The minimum Gasteiger partial charge on any atom is -0.463 e. The zero-order valence-corrected chi connectivity index (χ0v) is 26.0. The predicted molar refractivity (Wildman–Crippen MR) is 164 cm³/mol. The fourth-order valence-electron chi connectivity index (χ4n) is 6.93. The lowest BCUT2D eigenvalue weighted by Gasteiger charge is -2.46. The maximum absolute atomic E-state index is 16.9. The number of carbonyl (C=O) groups is 1. The Labute approximate surface area is 268 Å². The first kappa shape index (κ1) is 31.1. The Balaban J connectivity index is 1.42. The molecular weight excluding hydrogens is 645 g/mol. The van der Waals surface area contributed by atoms with Gasteiger partial charge in [-0.05, 0) is 30.5 Å². The molecule has 47 heavy (non-hydrogen) atoms. The van der Waals surface area contributed by atoms with Crippen molar-refractivity contribution in [3.05, 3.63) is 41.0 Å². The molecule has 3 N–H and O–H groups in total. The SMILES string of the molecule is COC(=O)N1CC(C)(COc2nc(N3CC4CCC(C3)N4)c3cc(C(F)(F)F)c(-c4ccc(F)c5sc(N)c(C#N)c45)c(F)c3n2)C1. The van der Waals surface area contributed by atoms with Crippen LogP contribution in [0.3, 0.4) is 0 Å². The van der Waals surface area contributed by atoms with E-state index >= 15 is 4.39 Å². The van der Waals surface area contributed by atoms with E-state index in [1.165, 1.54) is 12.0 Å². The third kappa shape index (κ3) is 5.21. The monoisotopic (exact) mass is 673 g/mol. The number of nitrogen functional groups attached to an aromatic ring is 1. The van der Waals surface area contributed by atoms with Crippen LogP contribution in [0, 0.1) is 28.4 Å². The van der Waals surface area contributed by atoms with Crippen molar-refractivity contribution in [3.63, 3.8) is 0 Å². The molecule has 2 unspecified atom stereocenters. The Hall–Kier alpha value is -4.49. The summed E-state index contributed by atoms with van der Waals surface area (Å²) in [5.41, 5.74) is 2.21. The Morgan fingerprint density at radius 1 is 1.21 bits per heavy atom. The standard InChI is InChI=1S/C31H28F5N7O3S/c1-30(11-43(12-30)29(44)45-2)13-46-28-40-24-17(27(41-28)42-9-14-3-4-15(10-42)39-14)7-19(31(34,35)36)22(23(24)33)16-5-6-20(32)25-21(16)18(8-37)26(38)47-25/h5-7,14-15,39H,3-4,9-13,38H2,1-2H3. The van der Waals surface area contributed by atoms with Gasteiger partial charge in [-0.2, -0.15) is 28.4 Å². The van der Waals surface area contributed by atoms with E-state index in [0.717, 1.165) is 31.0 Å². The van der Waals surface area contributed by atoms with E-state index in [4.69, 9.17) is 15.2 Å². The van der Waals surface area contributed by atoms with Crippen LogP contribution in [-0.4, -0.2) is 72.9 Å². The number of hydrogen-bond donors (Lipinski definition) is 2. The van der Waals surface area contributed by atoms with Gasteiger partial charge in [-0.15, -0.1) is 11.3 Å². The fraction of sp³-hybridized carbons (Fsp3) is 0.419. The highest BCUT2D eigenvalue weighted by atomic mass is 32.1. The zero-order valence-electron chi connectivity index (χ0n) is 25.2. The second-order valence-electron chi connectivity index (χ2n) is 12.6. The number of halogens is 5. The number of anilines is 2. The van der Waals surface area contributed by atoms with Gasteiger partial charge in [0.15, 0.2) is 5.82 Å². The number of alkyl halides is 3. The number of fused-ring (bicyclic) bond motifs is 4. The van der Waals surface area contributed by atoms with Gasteiger partial charge in [0.1, 0.15) is 34.8 Å². The van der Waals surface area contributed by atoms with E-state index in [1.54, 1.807) is 0 Å². The number of ether oxygens (including phenoxy) is 2. The van der Waals surface area contributed by atoms with Crippen LogP contribution >= 0.6 is 11.3 Å². The summed E-state index contributed by atoms with van der Waals surface area (Å²) < 4.78 is 86.9. The van der Waals surface area contributed by atoms with Crippen LogP contribution in [0.4, 0.5) is 37.6 Å². The van der Waals surface area contributed by atoms with Gasteiger partial charge in [-0.25, -0.2) is 13.6 Å². The van der Waals surface area contributed by atoms with Gasteiger partial charge in [0.05, 0.1) is 22.9 Å². The van der Waals surface area contributed by atoms with Gasteiger partial charge < -0.3 is 30.3 Å². The highest BCUT2D eigenvalue weighted by molar-refractivity contribution is 7.23. The predicted octanol–water partition coefficient (Wildman–Crippen LogP) is 5.67. The van der Waals surface area contributed by atoms with E-state index < -0.39 is 46.0 Å². The fourth-order valence-corrected chi connectivity index (χ4v) is 7.87. The van der Waals surface area contributed by atoms with Crippen LogP contribution in [0.1, 0.15) is 30.9 Å². The van der Waals surface area contributed by atoms with E-state index in [-0.39, 0.29) is 62.1 Å². The molecule has 1 amide bonds. The van der Waals surface area contributed by atoms with E-state index in [2.05, 4.69) is 15.3 Å². The molecule has 4 aromatic rings. The number of thiophene rings is 1. The number of nitrogens with one attached hydrogen (secondary N) is 1. The topological polar surface area (TPSA) is 130 Å². The molecule has 2 bridgehead atoms. The van der Waals surface area contributed by atoms with E-state index in [9.17, 15) is 27.6 Å². The van der Waals surface area contributed by atoms with E-state index in [0.29, 0.717) is 37.5 Å². The molecule has 2 aromatic carbocycles. The minimum absolute atomic E-state index is 0.0334. The Morgan fingerprint density at radius 3 is 2.55 bits per heavy atom. The molecule has 0 aliphatic carbocycles. The Bertz CT molecular complexity index is 1980. The molecule has 3 saturated heterocycles. The van der Waals surface area contributed by atoms with Gasteiger partial charge in [-0.3, -0.25) is 0 Å². The highest BCUT2D eigenvalue weighted by Gasteiger charge is 2.44. The number of carbonyl (C=O) groups excluding carboxylic acids is 1. The van der Waals surface area contributed by atoms with Gasteiger partial charge in [0.2, 0.25) is 0 Å². The number of nitrogens with zero attached hydrogens (tertiary/aromatic N) is 5. The number of likely N-dealkylation sites (tertiary alicyclic amines) is 1. The number of methoxy groups -OCH3 is 1. The largest absolute Gasteiger partial charge is 0.463 e. The van der Waals surface area contributed by atoms with Gasteiger partial charge >= 0.3 is 18.3 Å². The molecule has 246 valence electrons. The number of piperazine rings is 1. The molecule has 2 aromatic heterocycles. The van der Waals surface area contributed by atoms with Crippen LogP contribution in [-0.2, 0) is 10.9 Å². The smallest absolute Gasteiger partial charge is 0.417 e. The average Bonchev–Trinajstić information content (AvgIpc) is 3.55. The van der Waals surface area contributed by atoms with Crippen molar-refractivity contribution in [2.24, 2.45) is 5.41 Å². The lowest BCUT2D eigenvalue weighted by molar-refractivity contribution is -0.137. The molecule has 10 nitrogen and oxygen atoms in total. The average molecular weight is 674 g/mol. The summed E-state index contributed by atoms with van der Waals surface area (Å²) in [6.07, 6.45) is -3.79. The summed E-state index contributed by atoms with van der Waals surface area (Å²) in [5, 5.41) is 12.8. The van der Waals surface area contributed by atoms with Crippen LogP contribution in [0.25, 0.3) is 32.1 Å². The van der Waals surface area contributed by atoms with Crippen LogP contribution in [0.2, 0.25) is 0 Å². The zero-order chi connectivity index (χ0) is 33.4. The molecule has 3 fully saturated rings. The van der Waals surface area contributed by atoms with Crippen molar-refractivity contribution >= 4 is 49.2 Å². The van der Waals surface area contributed by atoms with Crippen LogP contribution in [0.5, 0.6) is 6.01 Å². The van der Waals surface area contributed by atoms with Crippen molar-refractivity contribution in [1.29, 1.82) is 5.26 Å². The molecule has 3 aliphatic heterocycles. The van der Waals surface area contributed by atoms with Crippen molar-refractivity contribution in [2.45, 2.75) is 38.0 Å². The second-order valence-corrected chi connectivity index (χ2v) is 13.6. The number of amides is 1. The lowest BCUT2D eigenvalue weighted by Crippen LogP contribution is -2.59. The summed E-state index contributed by atoms with van der Waals surface area (Å²) in [5.74, 6) is -2.04. The van der Waals surface area contributed by atoms with Gasteiger partial charge in [-0.1, -0.05) is 13.0 Å². The summed E-state index contributed by atoms with van der Waals surface area (Å²) in [6, 6.07) is 4.49. The minimum atomic E-state index is -5.06. The quantitative estimate of drug-likeness (QED) is 0.258. The first-order valence-corrected chi connectivity index (χ1v) is 15.6. The number of nitrogens with two attached hydrogens (primary N) is 1. The molecule has 3 aliphatic rings. The summed E-state index contributed by atoms with van der Waals surface area (Å²) in [4.78, 5) is 24.0. The number of benzene rings is 2. The van der Waals surface area contributed by atoms with Crippen molar-refractivity contribution in [3.8, 4) is 23.2 Å². The summed E-state index contributed by atoms with van der Waals surface area (Å²) in [7, 11) is 1.28. The normalized spacial score (nSPS) is 20.4. The third-order valence-corrected chi connectivity index (χ3v) is 10.1. The maximum atomic E-state index is 16.9. The molecule has 5 heterocycles. The number of aromatic nitrogens is 2. The molecule has 0 spiro atoms. The molecule has 0 saturated carbocycles. The van der Waals surface area contributed by atoms with Crippen LogP contribution in [0.15, 0.2) is 18.2 Å². The van der Waals surface area contributed by atoms with Gasteiger partial charge in [0.25, 0.3) is 0 Å². The Kier molecular flexibility index (Phi) is 7.32. The lowest BCUT2D eigenvalue weighted by atomic mass is 9.83. The highest BCUT2D eigenvalue weighted by Crippen LogP contribution is 2.48. The van der Waals surface area contributed by atoms with Crippen molar-refractivity contribution in [2.75, 3.05) is 50.5 Å². The van der Waals surface area contributed by atoms with Crippen LogP contribution < -0.4 is 20.7 Å². The second kappa shape index (κ2) is 11.1. The van der Waals surface area contributed by atoms with Crippen molar-refractivity contribution < 1.29 is 36.2 Å². The molecule has 0 radical (unpaired) electrons. The molecule has 7 rings (SSSR count). The van der Waals surface area contributed by atoms with Gasteiger partial charge in [0, 0.05) is 60.0 Å². The molecule has 16 heteroatoms. The third-order valence-electron chi connectivity index (χ3n) is 9.04. The number of nitriles is 1. The van der Waals surface area contributed by atoms with Crippen molar-refractivity contribution in [1.82, 2.24) is 20.2 Å². The first-order chi connectivity index (χ1) is 22.3. The molecular formula is C31H28F5N7O3S. The maximum Gasteiger partial charge on any atom is 0.417 e. The Morgan fingerprint density at radius 2 is 1.91 bits per heavy atom. The first-order valence-electron chi connectivity index (χ1n) is 14.8. The summed E-state index contributed by atoms with van der Waals surface area (Å²) in [6.45, 7) is 3.40. The number of rotatable bonds is 5. The van der Waals surface area contributed by atoms with E-state index in [1.807, 2.05) is 17.9 Å².